The van der Waals surface area contributed by atoms with Gasteiger partial charge in [-0.15, -0.1) is 0 Å². The summed E-state index contributed by atoms with van der Waals surface area (Å²) in [4.78, 5) is 8.22. The normalized spacial score (nSPS) is 10.4. The van der Waals surface area contributed by atoms with E-state index >= 15 is 0 Å². The first kappa shape index (κ1) is 12.5. The third kappa shape index (κ3) is 2.65. The minimum Gasteiger partial charge on any atom is -0.244 e. The lowest BCUT2D eigenvalue weighted by Crippen LogP contribution is -2.27. The summed E-state index contributed by atoms with van der Waals surface area (Å²) in [6.07, 6.45) is 3.30. The topological polar surface area (TPSA) is 55.0 Å². The van der Waals surface area contributed by atoms with Crippen LogP contribution in [0.1, 0.15) is 5.56 Å². The summed E-state index contributed by atoms with van der Waals surface area (Å²) in [5.41, 5.74) is 1.93. The van der Waals surface area contributed by atoms with Crippen LogP contribution < -0.4 is 10.9 Å². The predicted octanol–water partition coefficient (Wildman–Crippen LogP) is 3.32. The smallest absolute Gasteiger partial charge is 0.244 e. The molecule has 88 valence electrons. The number of anilines is 2. The third-order valence-corrected chi connectivity index (χ3v) is 3.38. The summed E-state index contributed by atoms with van der Waals surface area (Å²) in [6, 6.07) is 5.72. The zero-order valence-corrected chi connectivity index (χ0v) is 12.2. The summed E-state index contributed by atoms with van der Waals surface area (Å²) in [5.74, 6) is 6.46. The molecule has 2 aromatic rings. The van der Waals surface area contributed by atoms with Gasteiger partial charge < -0.3 is 0 Å². The number of hydrogen-bond donors (Lipinski definition) is 1. The van der Waals surface area contributed by atoms with Crippen molar-refractivity contribution < 1.29 is 0 Å². The van der Waals surface area contributed by atoms with E-state index in [-0.39, 0.29) is 0 Å². The van der Waals surface area contributed by atoms with Crippen LogP contribution in [0, 0.1) is 6.92 Å². The van der Waals surface area contributed by atoms with Gasteiger partial charge in [0, 0.05) is 21.3 Å². The highest BCUT2D eigenvalue weighted by molar-refractivity contribution is 9.11. The van der Waals surface area contributed by atoms with Crippen LogP contribution >= 0.6 is 31.9 Å². The van der Waals surface area contributed by atoms with Crippen LogP contribution in [0.2, 0.25) is 0 Å². The monoisotopic (exact) mass is 356 g/mol. The number of halogens is 2. The van der Waals surface area contributed by atoms with Crippen molar-refractivity contribution >= 4 is 43.5 Å². The van der Waals surface area contributed by atoms with E-state index < -0.39 is 0 Å². The fourth-order valence-electron chi connectivity index (χ4n) is 1.44. The van der Waals surface area contributed by atoms with Gasteiger partial charge in [0.25, 0.3) is 0 Å². The van der Waals surface area contributed by atoms with E-state index in [2.05, 4.69) is 41.8 Å². The van der Waals surface area contributed by atoms with Gasteiger partial charge in [0.15, 0.2) is 0 Å². The Bertz CT molecular complexity index is 507. The molecule has 0 spiro atoms. The third-order valence-electron chi connectivity index (χ3n) is 2.17. The SMILES string of the molecule is Cc1cc(Br)c(N(N)c2ncccn2)c(Br)c1. The van der Waals surface area contributed by atoms with Gasteiger partial charge in [-0.3, -0.25) is 0 Å². The Labute approximate surface area is 116 Å². The van der Waals surface area contributed by atoms with E-state index in [9.17, 15) is 0 Å². The number of rotatable bonds is 2. The van der Waals surface area contributed by atoms with Crippen molar-refractivity contribution in [2.75, 3.05) is 5.01 Å². The zero-order valence-electron chi connectivity index (χ0n) is 9.06. The first-order valence-electron chi connectivity index (χ1n) is 4.87. The van der Waals surface area contributed by atoms with Crippen LogP contribution in [-0.2, 0) is 0 Å². The number of hydrazine groups is 1. The molecule has 0 aliphatic carbocycles. The van der Waals surface area contributed by atoms with Crippen LogP contribution in [0.25, 0.3) is 0 Å². The van der Waals surface area contributed by atoms with Gasteiger partial charge in [0.05, 0.1) is 5.69 Å². The van der Waals surface area contributed by atoms with Crippen LogP contribution in [0.3, 0.4) is 0 Å². The summed E-state index contributed by atoms with van der Waals surface area (Å²) in [6.45, 7) is 2.01. The molecule has 0 bridgehead atoms. The minimum atomic E-state index is 0.442. The average molecular weight is 358 g/mol. The highest BCUT2D eigenvalue weighted by Gasteiger charge is 2.14. The number of nitrogens with zero attached hydrogens (tertiary/aromatic N) is 3. The van der Waals surface area contributed by atoms with Crippen molar-refractivity contribution in [3.8, 4) is 0 Å². The Hall–Kier alpha value is -0.980. The van der Waals surface area contributed by atoms with Gasteiger partial charge in [-0.2, -0.15) is 0 Å². The molecule has 0 saturated carbocycles. The lowest BCUT2D eigenvalue weighted by molar-refractivity contribution is 0.971. The van der Waals surface area contributed by atoms with Crippen molar-refractivity contribution in [3.63, 3.8) is 0 Å². The van der Waals surface area contributed by atoms with Crippen LogP contribution in [0.4, 0.5) is 11.6 Å². The molecule has 0 atom stereocenters. The average Bonchev–Trinajstić information content (AvgIpc) is 2.28. The summed E-state index contributed by atoms with van der Waals surface area (Å²) < 4.78 is 1.78. The summed E-state index contributed by atoms with van der Waals surface area (Å²) in [5, 5.41) is 1.44. The standard InChI is InChI=1S/C11H10Br2N4/c1-7-5-8(12)10(9(13)6-7)17(14)11-15-3-2-4-16-11/h2-6H,14H2,1H3. The molecule has 0 aliphatic heterocycles. The lowest BCUT2D eigenvalue weighted by atomic mass is 10.2. The first-order chi connectivity index (χ1) is 8.09. The first-order valence-corrected chi connectivity index (χ1v) is 6.45. The maximum atomic E-state index is 6.02. The molecular formula is C11H10Br2N4. The van der Waals surface area contributed by atoms with Crippen molar-refractivity contribution in [2.45, 2.75) is 6.92 Å². The molecule has 1 aromatic heterocycles. The summed E-state index contributed by atoms with van der Waals surface area (Å²) >= 11 is 6.98. The molecule has 1 aromatic carbocycles. The van der Waals surface area contributed by atoms with Crippen molar-refractivity contribution in [2.24, 2.45) is 5.84 Å². The van der Waals surface area contributed by atoms with E-state index in [0.29, 0.717) is 5.95 Å². The fourth-order valence-corrected chi connectivity index (χ4v) is 3.24. The molecular weight excluding hydrogens is 348 g/mol. The highest BCUT2D eigenvalue weighted by Crippen LogP contribution is 2.36. The van der Waals surface area contributed by atoms with E-state index in [4.69, 9.17) is 5.84 Å². The van der Waals surface area contributed by atoms with Gasteiger partial charge in [0.1, 0.15) is 0 Å². The molecule has 2 rings (SSSR count). The number of aromatic nitrogens is 2. The number of hydrogen-bond acceptors (Lipinski definition) is 4. The molecule has 0 aliphatic rings. The van der Waals surface area contributed by atoms with Gasteiger partial charge in [-0.05, 0) is 62.5 Å². The van der Waals surface area contributed by atoms with E-state index in [1.807, 2.05) is 19.1 Å². The van der Waals surface area contributed by atoms with Gasteiger partial charge in [0.2, 0.25) is 5.95 Å². The van der Waals surface area contributed by atoms with E-state index in [0.717, 1.165) is 20.2 Å². The molecule has 0 unspecified atom stereocenters. The Morgan fingerprint density at radius 3 is 2.18 bits per heavy atom. The lowest BCUT2D eigenvalue weighted by Gasteiger charge is -2.19. The quantitative estimate of drug-likeness (QED) is 0.661. The molecule has 0 amide bonds. The zero-order chi connectivity index (χ0) is 12.4. The molecule has 0 fully saturated rings. The minimum absolute atomic E-state index is 0.442. The number of aryl methyl sites for hydroxylation is 1. The van der Waals surface area contributed by atoms with Gasteiger partial charge >= 0.3 is 0 Å². The second kappa shape index (κ2) is 5.12. The molecule has 2 N–H and O–H groups in total. The van der Waals surface area contributed by atoms with E-state index in [1.165, 1.54) is 5.01 Å². The summed E-state index contributed by atoms with van der Waals surface area (Å²) in [7, 11) is 0. The fraction of sp³-hybridized carbons (Fsp3) is 0.0909. The Balaban J connectivity index is 2.48. The maximum Gasteiger partial charge on any atom is 0.244 e. The molecule has 6 heteroatoms. The second-order valence-corrected chi connectivity index (χ2v) is 5.20. The predicted molar refractivity (Wildman–Crippen MR) is 74.9 cm³/mol. The largest absolute Gasteiger partial charge is 0.244 e. The second-order valence-electron chi connectivity index (χ2n) is 3.50. The molecule has 0 radical (unpaired) electrons. The van der Waals surface area contributed by atoms with Gasteiger partial charge in [-0.1, -0.05) is 0 Å². The molecule has 0 saturated heterocycles. The van der Waals surface area contributed by atoms with Crippen molar-refractivity contribution in [3.05, 3.63) is 45.1 Å². The number of benzene rings is 1. The van der Waals surface area contributed by atoms with E-state index in [1.54, 1.807) is 18.5 Å². The number of nitrogens with two attached hydrogens (primary N) is 1. The molecule has 4 nitrogen and oxygen atoms in total. The molecule has 1 heterocycles. The Kier molecular flexibility index (Phi) is 3.76. The highest BCUT2D eigenvalue weighted by atomic mass is 79.9. The Morgan fingerprint density at radius 1 is 1.12 bits per heavy atom. The van der Waals surface area contributed by atoms with Gasteiger partial charge in [-0.25, -0.2) is 20.8 Å². The Morgan fingerprint density at radius 2 is 1.65 bits per heavy atom. The van der Waals surface area contributed by atoms with Crippen LogP contribution in [-0.4, -0.2) is 9.97 Å². The van der Waals surface area contributed by atoms with Crippen molar-refractivity contribution in [1.29, 1.82) is 0 Å². The van der Waals surface area contributed by atoms with Crippen LogP contribution in [0.5, 0.6) is 0 Å². The molecule has 17 heavy (non-hydrogen) atoms. The van der Waals surface area contributed by atoms with Crippen molar-refractivity contribution in [1.82, 2.24) is 9.97 Å². The maximum absolute atomic E-state index is 6.02. The van der Waals surface area contributed by atoms with Crippen LogP contribution in [0.15, 0.2) is 39.5 Å².